The van der Waals surface area contributed by atoms with Crippen molar-refractivity contribution in [1.82, 2.24) is 5.32 Å². The molecular weight excluding hydrogens is 172 g/mol. The van der Waals surface area contributed by atoms with Gasteiger partial charge >= 0.3 is 0 Å². The summed E-state index contributed by atoms with van der Waals surface area (Å²) in [5.74, 6) is 2.52. The maximum atomic E-state index is 4.51. The van der Waals surface area contributed by atoms with E-state index in [1.807, 2.05) is 13.8 Å². The number of nitrogens with one attached hydrogen (secondary N) is 1. The molecule has 1 heterocycles. The van der Waals surface area contributed by atoms with E-state index >= 15 is 0 Å². The molecule has 14 heavy (non-hydrogen) atoms. The fraction of sp³-hybridized carbons (Fsp3) is 0.750. The van der Waals surface area contributed by atoms with E-state index in [0.717, 1.165) is 18.3 Å². The van der Waals surface area contributed by atoms with Crippen LogP contribution >= 0.6 is 0 Å². The summed E-state index contributed by atoms with van der Waals surface area (Å²) in [7, 11) is 0. The zero-order valence-electron chi connectivity index (χ0n) is 9.80. The van der Waals surface area contributed by atoms with Crippen LogP contribution in [0.2, 0.25) is 0 Å². The highest BCUT2D eigenvalue weighted by molar-refractivity contribution is 5.85. The molecule has 2 nitrogen and oxygen atoms in total. The van der Waals surface area contributed by atoms with Gasteiger partial charge in [0.1, 0.15) is 5.84 Å². The van der Waals surface area contributed by atoms with Gasteiger partial charge in [-0.25, -0.2) is 0 Å². The molecule has 0 spiro atoms. The van der Waals surface area contributed by atoms with Gasteiger partial charge in [0, 0.05) is 12.1 Å². The lowest BCUT2D eigenvalue weighted by Gasteiger charge is -2.16. The van der Waals surface area contributed by atoms with Crippen LogP contribution in [0.15, 0.2) is 16.8 Å². The number of hydrogen-bond acceptors (Lipinski definition) is 2. The van der Waals surface area contributed by atoms with E-state index in [9.17, 15) is 0 Å². The number of aliphatic imine (C=N–C) groups is 1. The molecule has 80 valence electrons. The minimum Gasteiger partial charge on any atom is -0.350 e. The van der Waals surface area contributed by atoms with Crippen molar-refractivity contribution in [3.63, 3.8) is 0 Å². The van der Waals surface area contributed by atoms with Gasteiger partial charge in [0.05, 0.1) is 6.54 Å². The van der Waals surface area contributed by atoms with Crippen molar-refractivity contribution in [3.05, 3.63) is 11.8 Å². The summed E-state index contributed by atoms with van der Waals surface area (Å²) in [5, 5.41) is 3.28. The van der Waals surface area contributed by atoms with Gasteiger partial charge in [0.15, 0.2) is 0 Å². The molecule has 2 rings (SSSR count). The number of hydrogen-bond donors (Lipinski definition) is 1. The molecule has 0 saturated heterocycles. The predicted octanol–water partition coefficient (Wildman–Crippen LogP) is 2.96. The Morgan fingerprint density at radius 3 is 2.36 bits per heavy atom. The van der Waals surface area contributed by atoms with E-state index in [-0.39, 0.29) is 0 Å². The topological polar surface area (TPSA) is 24.4 Å². The van der Waals surface area contributed by atoms with Gasteiger partial charge < -0.3 is 5.32 Å². The normalized spacial score (nSPS) is 20.4. The Morgan fingerprint density at radius 2 is 2.00 bits per heavy atom. The Labute approximate surface area is 87.5 Å². The first-order chi connectivity index (χ1) is 6.77. The van der Waals surface area contributed by atoms with Gasteiger partial charge in [-0.1, -0.05) is 27.7 Å². The van der Waals surface area contributed by atoms with Crippen LogP contribution in [0.3, 0.4) is 0 Å². The summed E-state index contributed by atoms with van der Waals surface area (Å²) in [5.41, 5.74) is 1.50. The van der Waals surface area contributed by atoms with E-state index in [2.05, 4.69) is 30.4 Å². The summed E-state index contributed by atoms with van der Waals surface area (Å²) in [4.78, 5) is 4.51. The van der Waals surface area contributed by atoms with Gasteiger partial charge in [-0.3, -0.25) is 4.99 Å². The third kappa shape index (κ3) is 2.86. The summed E-state index contributed by atoms with van der Waals surface area (Å²) in [6.45, 7) is 9.27. The first-order valence-corrected chi connectivity index (χ1v) is 5.77. The van der Waals surface area contributed by atoms with E-state index in [0.29, 0.717) is 5.92 Å². The fourth-order valence-corrected chi connectivity index (χ4v) is 1.48. The molecule has 1 aliphatic carbocycles. The van der Waals surface area contributed by atoms with Crippen molar-refractivity contribution in [2.75, 3.05) is 6.54 Å². The highest BCUT2D eigenvalue weighted by Crippen LogP contribution is 2.36. The number of nitrogens with zero attached hydrogens (tertiary/aromatic N) is 1. The number of amidine groups is 1. The molecule has 0 bridgehead atoms. The second-order valence-corrected chi connectivity index (χ2v) is 3.99. The van der Waals surface area contributed by atoms with Crippen molar-refractivity contribution in [2.45, 2.75) is 40.5 Å². The van der Waals surface area contributed by atoms with E-state index < -0.39 is 0 Å². The third-order valence-corrected chi connectivity index (χ3v) is 2.49. The quantitative estimate of drug-likeness (QED) is 0.718. The average molecular weight is 194 g/mol. The SMILES string of the molecule is CC.CC(C)C1=NCC(C2CC2)=CN1. The molecule has 1 aliphatic heterocycles. The predicted molar refractivity (Wildman–Crippen MR) is 62.4 cm³/mol. The van der Waals surface area contributed by atoms with E-state index in [1.54, 1.807) is 0 Å². The van der Waals surface area contributed by atoms with Crippen LogP contribution in [0.25, 0.3) is 0 Å². The van der Waals surface area contributed by atoms with Crippen LogP contribution in [-0.4, -0.2) is 12.4 Å². The molecule has 0 amide bonds. The molecule has 2 aliphatic rings. The minimum absolute atomic E-state index is 0.530. The third-order valence-electron chi connectivity index (χ3n) is 2.49. The van der Waals surface area contributed by atoms with Gasteiger partial charge in [0.25, 0.3) is 0 Å². The van der Waals surface area contributed by atoms with Crippen LogP contribution in [0.1, 0.15) is 40.5 Å². The second-order valence-electron chi connectivity index (χ2n) is 3.99. The van der Waals surface area contributed by atoms with Crippen molar-refractivity contribution in [2.24, 2.45) is 16.8 Å². The molecule has 0 aromatic heterocycles. The molecule has 2 heteroatoms. The summed E-state index contributed by atoms with van der Waals surface area (Å²) in [6.07, 6.45) is 4.92. The average Bonchev–Trinajstić information content (AvgIpc) is 3.04. The Hall–Kier alpha value is -0.790. The Balaban J connectivity index is 0.000000461. The second kappa shape index (κ2) is 5.18. The highest BCUT2D eigenvalue weighted by atomic mass is 15.0. The highest BCUT2D eigenvalue weighted by Gasteiger charge is 2.26. The molecule has 1 N–H and O–H groups in total. The lowest BCUT2D eigenvalue weighted by atomic mass is 10.1. The number of rotatable bonds is 2. The standard InChI is InChI=1S/C10H16N2.C2H6/c1-7(2)10-11-5-9(6-12-10)8-3-4-8;1-2/h5,7-8H,3-4,6H2,1-2H3,(H,11,12);1-2H3. The minimum atomic E-state index is 0.530. The molecule has 0 unspecified atom stereocenters. The summed E-state index contributed by atoms with van der Waals surface area (Å²) in [6, 6.07) is 0. The monoisotopic (exact) mass is 194 g/mol. The lowest BCUT2D eigenvalue weighted by molar-refractivity contribution is 0.802. The Kier molecular flexibility index (Phi) is 4.18. The first-order valence-electron chi connectivity index (χ1n) is 5.77. The smallest absolute Gasteiger partial charge is 0.103 e. The molecular formula is C12H22N2. The maximum Gasteiger partial charge on any atom is 0.103 e. The Morgan fingerprint density at radius 1 is 1.36 bits per heavy atom. The molecule has 0 radical (unpaired) electrons. The van der Waals surface area contributed by atoms with Crippen LogP contribution in [-0.2, 0) is 0 Å². The zero-order valence-corrected chi connectivity index (χ0v) is 9.80. The van der Waals surface area contributed by atoms with E-state index in [1.165, 1.54) is 18.4 Å². The first kappa shape index (κ1) is 11.3. The molecule has 0 aromatic carbocycles. The van der Waals surface area contributed by atoms with Crippen LogP contribution in [0, 0.1) is 11.8 Å². The van der Waals surface area contributed by atoms with Crippen LogP contribution in [0.4, 0.5) is 0 Å². The van der Waals surface area contributed by atoms with Crippen LogP contribution in [0.5, 0.6) is 0 Å². The molecule has 1 saturated carbocycles. The molecule has 1 fully saturated rings. The maximum absolute atomic E-state index is 4.51. The molecule has 0 aromatic rings. The van der Waals surface area contributed by atoms with Gasteiger partial charge in [-0.2, -0.15) is 0 Å². The van der Waals surface area contributed by atoms with Crippen LogP contribution < -0.4 is 5.32 Å². The van der Waals surface area contributed by atoms with Gasteiger partial charge in [-0.15, -0.1) is 0 Å². The van der Waals surface area contributed by atoms with Gasteiger partial charge in [-0.05, 0) is 24.3 Å². The molecule has 0 atom stereocenters. The van der Waals surface area contributed by atoms with Crippen molar-refractivity contribution in [1.29, 1.82) is 0 Å². The summed E-state index contributed by atoms with van der Waals surface area (Å²) < 4.78 is 0. The Bertz CT molecular complexity index is 217. The zero-order chi connectivity index (χ0) is 10.6. The van der Waals surface area contributed by atoms with E-state index in [4.69, 9.17) is 0 Å². The van der Waals surface area contributed by atoms with Crippen molar-refractivity contribution >= 4 is 5.84 Å². The van der Waals surface area contributed by atoms with Crippen molar-refractivity contribution in [3.8, 4) is 0 Å². The summed E-state index contributed by atoms with van der Waals surface area (Å²) >= 11 is 0. The fourth-order valence-electron chi connectivity index (χ4n) is 1.48. The van der Waals surface area contributed by atoms with Crippen molar-refractivity contribution < 1.29 is 0 Å². The largest absolute Gasteiger partial charge is 0.350 e. The lowest BCUT2D eigenvalue weighted by Crippen LogP contribution is -2.27. The van der Waals surface area contributed by atoms with Gasteiger partial charge in [0.2, 0.25) is 0 Å².